The van der Waals surface area contributed by atoms with Crippen LogP contribution in [0, 0.1) is 35.0 Å². The molecule has 3 nitrogen and oxygen atoms in total. The second-order valence-corrected chi connectivity index (χ2v) is 11.1. The zero-order valence-electron chi connectivity index (χ0n) is 16.0. The van der Waals surface area contributed by atoms with Crippen LogP contribution in [0.5, 0.6) is 0 Å². The molecule has 0 aliphatic heterocycles. The topological polar surface area (TPSA) is 43.4 Å². The number of allylic oxidation sites excluding steroid dienone is 2. The third-order valence-electron chi connectivity index (χ3n) is 8.41. The first-order chi connectivity index (χ1) is 11.8. The minimum Gasteiger partial charge on any atom is -0.267 e. The molecule has 0 amide bonds. The van der Waals surface area contributed by atoms with Crippen LogP contribution < -0.4 is 0 Å². The van der Waals surface area contributed by atoms with Crippen LogP contribution in [0.15, 0.2) is 11.6 Å². The highest BCUT2D eigenvalue weighted by Gasteiger charge is 2.55. The Labute approximate surface area is 153 Å². The Morgan fingerprint density at radius 2 is 1.80 bits per heavy atom. The van der Waals surface area contributed by atoms with Gasteiger partial charge < -0.3 is 0 Å². The van der Waals surface area contributed by atoms with Crippen molar-refractivity contribution in [3.63, 3.8) is 0 Å². The second kappa shape index (κ2) is 6.37. The molecule has 4 aliphatic rings. The van der Waals surface area contributed by atoms with Crippen LogP contribution in [0.3, 0.4) is 0 Å². The van der Waals surface area contributed by atoms with Crippen molar-refractivity contribution in [2.24, 2.45) is 35.0 Å². The van der Waals surface area contributed by atoms with E-state index in [-0.39, 0.29) is 6.10 Å². The average molecular weight is 367 g/mol. The zero-order chi connectivity index (χ0) is 17.8. The average Bonchev–Trinajstić information content (AvgIpc) is 2.89. The summed E-state index contributed by atoms with van der Waals surface area (Å²) in [6.07, 6.45) is 14.7. The maximum absolute atomic E-state index is 11.5. The van der Waals surface area contributed by atoms with Crippen molar-refractivity contribution in [2.75, 3.05) is 6.26 Å². The highest BCUT2D eigenvalue weighted by Crippen LogP contribution is 2.64. The van der Waals surface area contributed by atoms with E-state index in [0.29, 0.717) is 11.3 Å². The summed E-state index contributed by atoms with van der Waals surface area (Å²) in [4.78, 5) is 0. The lowest BCUT2D eigenvalue weighted by Crippen LogP contribution is -2.48. The SMILES string of the molecule is C/C=C1\CC[C@H]2[C@@H]3CC[C@@H]4C[C@@H](OS(C)(=O)=O)CC[C@@H]4[C@H]3CC[C@]12C. The summed E-state index contributed by atoms with van der Waals surface area (Å²) in [6, 6.07) is 0. The normalized spacial score (nSPS) is 48.7. The molecule has 4 aliphatic carbocycles. The summed E-state index contributed by atoms with van der Waals surface area (Å²) in [5.74, 6) is 4.19. The van der Waals surface area contributed by atoms with Gasteiger partial charge in [0.05, 0.1) is 12.4 Å². The summed E-state index contributed by atoms with van der Waals surface area (Å²) in [5, 5.41) is 0. The molecule has 0 bridgehead atoms. The Kier molecular flexibility index (Phi) is 4.59. The van der Waals surface area contributed by atoms with E-state index in [9.17, 15) is 8.42 Å². The minimum atomic E-state index is -3.32. The van der Waals surface area contributed by atoms with Crippen LogP contribution in [-0.2, 0) is 14.3 Å². The molecule has 0 spiro atoms. The first kappa shape index (κ1) is 18.0. The smallest absolute Gasteiger partial charge is 0.264 e. The van der Waals surface area contributed by atoms with Crippen molar-refractivity contribution >= 4 is 10.1 Å². The van der Waals surface area contributed by atoms with Crippen LogP contribution in [0.2, 0.25) is 0 Å². The Balaban J connectivity index is 1.48. The molecular weight excluding hydrogens is 332 g/mol. The van der Waals surface area contributed by atoms with E-state index in [1.54, 1.807) is 5.57 Å². The first-order valence-electron chi connectivity index (χ1n) is 10.4. The van der Waals surface area contributed by atoms with Gasteiger partial charge in [0.1, 0.15) is 0 Å². The van der Waals surface area contributed by atoms with Crippen molar-refractivity contribution in [1.29, 1.82) is 0 Å². The van der Waals surface area contributed by atoms with E-state index in [1.807, 2.05) is 0 Å². The summed E-state index contributed by atoms with van der Waals surface area (Å²) in [6.45, 7) is 4.77. The number of hydrogen-bond donors (Lipinski definition) is 0. The predicted molar refractivity (Wildman–Crippen MR) is 101 cm³/mol. The van der Waals surface area contributed by atoms with Crippen molar-refractivity contribution in [3.8, 4) is 0 Å². The van der Waals surface area contributed by atoms with Crippen LogP contribution in [-0.4, -0.2) is 20.8 Å². The zero-order valence-corrected chi connectivity index (χ0v) is 16.9. The Hall–Kier alpha value is -0.350. The van der Waals surface area contributed by atoms with Crippen molar-refractivity contribution in [1.82, 2.24) is 0 Å². The molecule has 0 aromatic rings. The molecule has 4 saturated carbocycles. The number of rotatable bonds is 2. The van der Waals surface area contributed by atoms with Crippen molar-refractivity contribution in [2.45, 2.75) is 77.7 Å². The lowest BCUT2D eigenvalue weighted by atomic mass is 9.50. The van der Waals surface area contributed by atoms with Gasteiger partial charge in [0.2, 0.25) is 0 Å². The van der Waals surface area contributed by atoms with Crippen molar-refractivity contribution < 1.29 is 12.6 Å². The molecule has 25 heavy (non-hydrogen) atoms. The molecule has 0 saturated heterocycles. The number of hydrogen-bond acceptors (Lipinski definition) is 3. The van der Waals surface area contributed by atoms with Crippen LogP contribution in [0.4, 0.5) is 0 Å². The standard InChI is InChI=1S/C21H34O3S/c1-4-15-6-10-20-19-8-5-14-13-16(24-25(3,22)23)7-9-17(14)18(19)11-12-21(15,20)2/h4,14,16-20H,5-13H2,1-3H3/b15-4+/t14-,16+,17+,18-,19-,20+,21-/m1/s1. The van der Waals surface area contributed by atoms with E-state index in [4.69, 9.17) is 4.18 Å². The van der Waals surface area contributed by atoms with E-state index in [2.05, 4.69) is 19.9 Å². The molecule has 142 valence electrons. The van der Waals surface area contributed by atoms with Gasteiger partial charge in [0.25, 0.3) is 10.1 Å². The largest absolute Gasteiger partial charge is 0.267 e. The van der Waals surface area contributed by atoms with E-state index in [1.165, 1.54) is 51.2 Å². The molecule has 4 rings (SSSR count). The molecule has 0 radical (unpaired) electrons. The van der Waals surface area contributed by atoms with Gasteiger partial charge in [-0.3, -0.25) is 4.18 Å². The summed E-state index contributed by atoms with van der Waals surface area (Å²) in [5.41, 5.74) is 2.20. The van der Waals surface area contributed by atoms with Gasteiger partial charge >= 0.3 is 0 Å². The number of fused-ring (bicyclic) bond motifs is 5. The fourth-order valence-electron chi connectivity index (χ4n) is 7.47. The first-order valence-corrected chi connectivity index (χ1v) is 12.2. The Morgan fingerprint density at radius 3 is 2.52 bits per heavy atom. The molecule has 0 aromatic carbocycles. The maximum Gasteiger partial charge on any atom is 0.264 e. The Bertz CT molecular complexity index is 652. The molecular formula is C21H34O3S. The third-order valence-corrected chi connectivity index (χ3v) is 9.04. The van der Waals surface area contributed by atoms with Gasteiger partial charge in [-0.25, -0.2) is 0 Å². The van der Waals surface area contributed by atoms with Crippen LogP contribution in [0.1, 0.15) is 71.6 Å². The molecule has 4 fully saturated rings. The van der Waals surface area contributed by atoms with Gasteiger partial charge in [-0.2, -0.15) is 8.42 Å². The molecule has 0 heterocycles. The quantitative estimate of drug-likeness (QED) is 0.514. The van der Waals surface area contributed by atoms with Gasteiger partial charge in [-0.1, -0.05) is 18.6 Å². The molecule has 4 heteroatoms. The minimum absolute atomic E-state index is 0.0669. The van der Waals surface area contributed by atoms with Gasteiger partial charge in [0.15, 0.2) is 0 Å². The molecule has 7 atom stereocenters. The summed E-state index contributed by atoms with van der Waals surface area (Å²) in [7, 11) is -3.32. The van der Waals surface area contributed by atoms with Crippen LogP contribution in [0.25, 0.3) is 0 Å². The lowest BCUT2D eigenvalue weighted by molar-refractivity contribution is -0.0566. The van der Waals surface area contributed by atoms with E-state index < -0.39 is 10.1 Å². The van der Waals surface area contributed by atoms with E-state index in [0.717, 1.165) is 36.5 Å². The monoisotopic (exact) mass is 366 g/mol. The summed E-state index contributed by atoms with van der Waals surface area (Å²) < 4.78 is 28.3. The lowest BCUT2D eigenvalue weighted by Gasteiger charge is -2.55. The van der Waals surface area contributed by atoms with Crippen LogP contribution >= 0.6 is 0 Å². The highest BCUT2D eigenvalue weighted by molar-refractivity contribution is 7.86. The van der Waals surface area contributed by atoms with Gasteiger partial charge in [-0.05, 0) is 99.7 Å². The van der Waals surface area contributed by atoms with Gasteiger partial charge in [-0.15, -0.1) is 0 Å². The maximum atomic E-state index is 11.5. The van der Waals surface area contributed by atoms with E-state index >= 15 is 0 Å². The second-order valence-electron chi connectivity index (χ2n) is 9.48. The molecule has 0 N–H and O–H groups in total. The molecule has 0 aromatic heterocycles. The predicted octanol–water partition coefficient (Wildman–Crippen LogP) is 4.93. The fraction of sp³-hybridized carbons (Fsp3) is 0.905. The fourth-order valence-corrected chi connectivity index (χ4v) is 8.14. The summed E-state index contributed by atoms with van der Waals surface area (Å²) >= 11 is 0. The highest BCUT2D eigenvalue weighted by atomic mass is 32.2. The third kappa shape index (κ3) is 3.12. The Morgan fingerprint density at radius 1 is 1.04 bits per heavy atom. The molecule has 0 unspecified atom stereocenters. The van der Waals surface area contributed by atoms with Gasteiger partial charge in [0, 0.05) is 0 Å². The van der Waals surface area contributed by atoms with Crippen molar-refractivity contribution in [3.05, 3.63) is 11.6 Å².